The summed E-state index contributed by atoms with van der Waals surface area (Å²) in [6.07, 6.45) is 2.09. The third-order valence-electron chi connectivity index (χ3n) is 5.55. The standard InChI is InChI=1S/C23H20N6O6/c30-22(20-13-34-18-3-1-2-4-19(18)35-20)24-9-10-28-21-17(11-26-28)23(31)27(14-25-21)12-15-5-7-16(8-6-15)29(32)33/h1-8,11,14,20H,9-10,12-13H2,(H,24,30). The first-order chi connectivity index (χ1) is 17.0. The van der Waals surface area contributed by atoms with Gasteiger partial charge in [0, 0.05) is 18.7 Å². The second-order valence-electron chi connectivity index (χ2n) is 7.86. The molecule has 4 aromatic rings. The lowest BCUT2D eigenvalue weighted by molar-refractivity contribution is -0.384. The molecule has 35 heavy (non-hydrogen) atoms. The molecule has 1 amide bonds. The van der Waals surface area contributed by atoms with Gasteiger partial charge >= 0.3 is 0 Å². The van der Waals surface area contributed by atoms with E-state index in [0.717, 1.165) is 5.56 Å². The lowest BCUT2D eigenvalue weighted by Crippen LogP contribution is -2.44. The maximum atomic E-state index is 12.9. The Balaban J connectivity index is 1.21. The van der Waals surface area contributed by atoms with Crippen LogP contribution in [0.5, 0.6) is 11.5 Å². The van der Waals surface area contributed by atoms with Crippen LogP contribution in [0.15, 0.2) is 65.8 Å². The molecule has 1 atom stereocenters. The van der Waals surface area contributed by atoms with Crippen LogP contribution in [0, 0.1) is 10.1 Å². The maximum Gasteiger partial charge on any atom is 0.269 e. The summed E-state index contributed by atoms with van der Waals surface area (Å²) in [5.41, 5.74) is 0.825. The molecule has 0 bridgehead atoms. The van der Waals surface area contributed by atoms with Gasteiger partial charge in [-0.2, -0.15) is 5.10 Å². The SMILES string of the molecule is O=C(NCCn1ncc2c(=O)n(Cc3ccc([N+](=O)[O-])cc3)cnc21)C1COc2ccccc2O1. The van der Waals surface area contributed by atoms with Gasteiger partial charge in [-0.1, -0.05) is 24.3 Å². The number of nitrogens with zero attached hydrogens (tertiary/aromatic N) is 5. The maximum absolute atomic E-state index is 12.9. The van der Waals surface area contributed by atoms with Crippen LogP contribution >= 0.6 is 0 Å². The molecular weight excluding hydrogens is 456 g/mol. The van der Waals surface area contributed by atoms with Gasteiger partial charge in [0.2, 0.25) is 6.10 Å². The fourth-order valence-corrected chi connectivity index (χ4v) is 3.74. The number of carbonyl (C=O) groups excluding carboxylic acids is 1. The molecule has 1 unspecified atom stereocenters. The van der Waals surface area contributed by atoms with Crippen molar-refractivity contribution in [2.45, 2.75) is 19.2 Å². The van der Waals surface area contributed by atoms with Crippen LogP contribution in [0.1, 0.15) is 5.56 Å². The van der Waals surface area contributed by atoms with Crippen LogP contribution < -0.4 is 20.3 Å². The number of ether oxygens (including phenoxy) is 2. The summed E-state index contributed by atoms with van der Waals surface area (Å²) in [7, 11) is 0. The third kappa shape index (κ3) is 4.53. The smallest absolute Gasteiger partial charge is 0.269 e. The quantitative estimate of drug-likeness (QED) is 0.312. The Morgan fingerprint density at radius 2 is 1.94 bits per heavy atom. The molecule has 1 aliphatic heterocycles. The van der Waals surface area contributed by atoms with E-state index in [1.54, 1.807) is 35.0 Å². The van der Waals surface area contributed by atoms with Crippen LogP contribution in [0.2, 0.25) is 0 Å². The predicted molar refractivity (Wildman–Crippen MR) is 123 cm³/mol. The Morgan fingerprint density at radius 1 is 1.17 bits per heavy atom. The molecule has 2 aromatic heterocycles. The van der Waals surface area contributed by atoms with E-state index in [4.69, 9.17) is 9.47 Å². The van der Waals surface area contributed by atoms with E-state index < -0.39 is 11.0 Å². The van der Waals surface area contributed by atoms with Crippen molar-refractivity contribution in [3.63, 3.8) is 0 Å². The highest BCUT2D eigenvalue weighted by molar-refractivity contribution is 5.81. The summed E-state index contributed by atoms with van der Waals surface area (Å²) >= 11 is 0. The van der Waals surface area contributed by atoms with Crippen LogP contribution in [0.3, 0.4) is 0 Å². The molecule has 0 radical (unpaired) electrons. The first kappa shape index (κ1) is 22.1. The van der Waals surface area contributed by atoms with Gasteiger partial charge < -0.3 is 14.8 Å². The number of carbonyl (C=O) groups is 1. The number of hydrogen-bond acceptors (Lipinski definition) is 8. The van der Waals surface area contributed by atoms with Crippen LogP contribution in [-0.2, 0) is 17.9 Å². The average molecular weight is 476 g/mol. The Morgan fingerprint density at radius 3 is 2.71 bits per heavy atom. The Labute approximate surface area is 197 Å². The summed E-state index contributed by atoms with van der Waals surface area (Å²) in [5, 5.41) is 18.2. The van der Waals surface area contributed by atoms with Gasteiger partial charge in [-0.25, -0.2) is 9.67 Å². The molecule has 0 aliphatic carbocycles. The topological polar surface area (TPSA) is 143 Å². The highest BCUT2D eigenvalue weighted by atomic mass is 16.6. The molecule has 0 spiro atoms. The molecule has 0 saturated heterocycles. The molecule has 1 aliphatic rings. The first-order valence-electron chi connectivity index (χ1n) is 10.8. The zero-order valence-electron chi connectivity index (χ0n) is 18.4. The van der Waals surface area contributed by atoms with Crippen molar-refractivity contribution in [1.82, 2.24) is 24.6 Å². The number of benzene rings is 2. The van der Waals surface area contributed by atoms with Crippen molar-refractivity contribution in [3.05, 3.63) is 87.1 Å². The van der Waals surface area contributed by atoms with E-state index in [0.29, 0.717) is 29.1 Å². The minimum Gasteiger partial charge on any atom is -0.485 e. The second-order valence-corrected chi connectivity index (χ2v) is 7.86. The molecular formula is C23H20N6O6. The van der Waals surface area contributed by atoms with E-state index in [2.05, 4.69) is 15.4 Å². The van der Waals surface area contributed by atoms with Gasteiger partial charge in [0.25, 0.3) is 17.2 Å². The van der Waals surface area contributed by atoms with Crippen molar-refractivity contribution in [2.24, 2.45) is 0 Å². The zero-order valence-corrected chi connectivity index (χ0v) is 18.4. The Bertz CT molecular complexity index is 1460. The van der Waals surface area contributed by atoms with Gasteiger partial charge in [-0.3, -0.25) is 24.3 Å². The monoisotopic (exact) mass is 476 g/mol. The number of fused-ring (bicyclic) bond motifs is 2. The molecule has 1 N–H and O–H groups in total. The number of hydrogen-bond donors (Lipinski definition) is 1. The number of nitro groups is 1. The van der Waals surface area contributed by atoms with Gasteiger partial charge in [0.05, 0.1) is 24.2 Å². The minimum atomic E-state index is -0.760. The first-order valence-corrected chi connectivity index (χ1v) is 10.8. The fourth-order valence-electron chi connectivity index (χ4n) is 3.74. The van der Waals surface area contributed by atoms with Crippen molar-refractivity contribution >= 4 is 22.6 Å². The van der Waals surface area contributed by atoms with Crippen LogP contribution in [-0.4, -0.2) is 49.4 Å². The summed E-state index contributed by atoms with van der Waals surface area (Å²) in [6.45, 7) is 0.889. The lowest BCUT2D eigenvalue weighted by atomic mass is 10.2. The van der Waals surface area contributed by atoms with Crippen molar-refractivity contribution in [1.29, 1.82) is 0 Å². The van der Waals surface area contributed by atoms with E-state index in [-0.39, 0.29) is 36.9 Å². The number of amides is 1. The van der Waals surface area contributed by atoms with Gasteiger partial charge in [0.15, 0.2) is 17.1 Å². The van der Waals surface area contributed by atoms with E-state index in [1.807, 2.05) is 6.07 Å². The van der Waals surface area contributed by atoms with Crippen molar-refractivity contribution < 1.29 is 19.2 Å². The van der Waals surface area contributed by atoms with Crippen molar-refractivity contribution in [2.75, 3.05) is 13.2 Å². The molecule has 0 fully saturated rings. The molecule has 178 valence electrons. The highest BCUT2D eigenvalue weighted by Crippen LogP contribution is 2.30. The molecule has 0 saturated carbocycles. The van der Waals surface area contributed by atoms with Crippen LogP contribution in [0.25, 0.3) is 11.0 Å². The third-order valence-corrected chi connectivity index (χ3v) is 5.55. The van der Waals surface area contributed by atoms with Gasteiger partial charge in [-0.05, 0) is 17.7 Å². The number of nitrogens with one attached hydrogen (secondary N) is 1. The Hall–Kier alpha value is -4.74. The largest absolute Gasteiger partial charge is 0.485 e. The van der Waals surface area contributed by atoms with Gasteiger partial charge in [0.1, 0.15) is 18.3 Å². The number of nitro benzene ring substituents is 1. The van der Waals surface area contributed by atoms with Crippen LogP contribution in [0.4, 0.5) is 5.69 Å². The number of aromatic nitrogens is 4. The molecule has 12 nitrogen and oxygen atoms in total. The zero-order chi connectivity index (χ0) is 24.4. The summed E-state index contributed by atoms with van der Waals surface area (Å²) in [6, 6.07) is 13.1. The van der Waals surface area contributed by atoms with E-state index in [1.165, 1.54) is 29.2 Å². The Kier molecular flexibility index (Phi) is 5.83. The molecule has 12 heteroatoms. The summed E-state index contributed by atoms with van der Waals surface area (Å²) in [5.74, 6) is 0.811. The predicted octanol–water partition coefficient (Wildman–Crippen LogP) is 1.51. The normalized spacial score (nSPS) is 14.6. The number of non-ortho nitro benzene ring substituents is 1. The van der Waals surface area contributed by atoms with E-state index in [9.17, 15) is 19.7 Å². The van der Waals surface area contributed by atoms with Gasteiger partial charge in [-0.15, -0.1) is 0 Å². The van der Waals surface area contributed by atoms with E-state index >= 15 is 0 Å². The second kappa shape index (κ2) is 9.25. The molecule has 5 rings (SSSR count). The summed E-state index contributed by atoms with van der Waals surface area (Å²) in [4.78, 5) is 40.0. The van der Waals surface area contributed by atoms with Crippen molar-refractivity contribution in [3.8, 4) is 11.5 Å². The molecule has 3 heterocycles. The number of para-hydroxylation sites is 2. The summed E-state index contributed by atoms with van der Waals surface area (Å²) < 4.78 is 14.2. The minimum absolute atomic E-state index is 0.0181. The fraction of sp³-hybridized carbons (Fsp3) is 0.217. The lowest BCUT2D eigenvalue weighted by Gasteiger charge is -2.25. The number of rotatable bonds is 7. The highest BCUT2D eigenvalue weighted by Gasteiger charge is 2.27. The average Bonchev–Trinajstić information content (AvgIpc) is 3.29. The molecule has 2 aromatic carbocycles.